The second-order valence-electron chi connectivity index (χ2n) is 10.3. The molecule has 2 aromatic heterocycles. The standard InChI is InChI=1S/C24H30FN5O3.C4H8O/c1-4-14-5-6-16(25)20(11-14)33-15-7-9-30(10-8-15)23-22(26)28-17-12-18(21(31)24(2,3)32)27-13-19(17)29-23;1-2-4-5-3-1/h5-6,11-13,15,21,31-32H,4,7-10H2,1-3H3,(H2,26,28);1-4H2. The third-order valence-corrected chi connectivity index (χ3v) is 6.79. The van der Waals surface area contributed by atoms with Gasteiger partial charge in [-0.1, -0.05) is 13.0 Å². The molecular formula is C28H38FN5O4. The highest BCUT2D eigenvalue weighted by Crippen LogP contribution is 2.30. The van der Waals surface area contributed by atoms with Crippen molar-refractivity contribution in [2.24, 2.45) is 0 Å². The van der Waals surface area contributed by atoms with Crippen LogP contribution in [0.4, 0.5) is 16.0 Å². The molecular weight excluding hydrogens is 489 g/mol. The molecule has 0 spiro atoms. The van der Waals surface area contributed by atoms with Crippen molar-refractivity contribution < 1.29 is 24.1 Å². The Bertz CT molecular complexity index is 1220. The molecule has 1 atom stereocenters. The fraction of sp³-hybridized carbons (Fsp3) is 0.536. The number of hydrogen-bond donors (Lipinski definition) is 3. The molecule has 2 aliphatic rings. The van der Waals surface area contributed by atoms with Gasteiger partial charge in [-0.05, 0) is 56.9 Å². The number of rotatable bonds is 6. The summed E-state index contributed by atoms with van der Waals surface area (Å²) in [6, 6.07) is 6.58. The number of nitrogen functional groups attached to an aromatic ring is 1. The van der Waals surface area contributed by atoms with Crippen molar-refractivity contribution in [3.63, 3.8) is 0 Å². The zero-order chi connectivity index (χ0) is 27.3. The number of aryl methyl sites for hydroxylation is 1. The first-order valence-corrected chi connectivity index (χ1v) is 13.3. The number of halogens is 1. The summed E-state index contributed by atoms with van der Waals surface area (Å²) in [5, 5.41) is 20.3. The molecule has 4 N–H and O–H groups in total. The Kier molecular flexibility index (Phi) is 8.96. The van der Waals surface area contributed by atoms with Crippen LogP contribution in [0.3, 0.4) is 0 Å². The second kappa shape index (κ2) is 12.2. The van der Waals surface area contributed by atoms with E-state index in [1.165, 1.54) is 39.0 Å². The molecule has 0 amide bonds. The first kappa shape index (κ1) is 27.9. The lowest BCUT2D eigenvalue weighted by Gasteiger charge is -2.33. The molecule has 10 heteroatoms. The van der Waals surface area contributed by atoms with E-state index in [0.717, 1.165) is 25.2 Å². The number of pyridine rings is 1. The molecule has 0 saturated carbocycles. The first-order valence-electron chi connectivity index (χ1n) is 13.3. The van der Waals surface area contributed by atoms with Gasteiger partial charge in [0.25, 0.3) is 0 Å². The zero-order valence-electron chi connectivity index (χ0n) is 22.4. The molecule has 206 valence electrons. The van der Waals surface area contributed by atoms with E-state index in [0.29, 0.717) is 54.2 Å². The molecule has 2 fully saturated rings. The van der Waals surface area contributed by atoms with Crippen molar-refractivity contribution in [1.29, 1.82) is 0 Å². The van der Waals surface area contributed by atoms with Gasteiger partial charge in [0, 0.05) is 39.1 Å². The average Bonchev–Trinajstić information content (AvgIpc) is 3.49. The van der Waals surface area contributed by atoms with Crippen molar-refractivity contribution in [3.8, 4) is 5.75 Å². The number of anilines is 2. The Hall–Kier alpha value is -3.08. The maximum atomic E-state index is 14.1. The van der Waals surface area contributed by atoms with Gasteiger partial charge in [0.2, 0.25) is 0 Å². The molecule has 1 aromatic carbocycles. The summed E-state index contributed by atoms with van der Waals surface area (Å²) in [6.07, 6.45) is 5.04. The van der Waals surface area contributed by atoms with E-state index < -0.39 is 11.7 Å². The van der Waals surface area contributed by atoms with E-state index in [2.05, 4.69) is 15.0 Å². The van der Waals surface area contributed by atoms with E-state index in [1.807, 2.05) is 11.8 Å². The Labute approximate surface area is 222 Å². The third-order valence-electron chi connectivity index (χ3n) is 6.79. The van der Waals surface area contributed by atoms with Gasteiger partial charge in [0.1, 0.15) is 17.7 Å². The normalized spacial score (nSPS) is 17.3. The molecule has 0 radical (unpaired) electrons. The van der Waals surface area contributed by atoms with Crippen LogP contribution in [0.25, 0.3) is 11.0 Å². The topological polar surface area (TPSA) is 127 Å². The van der Waals surface area contributed by atoms with Gasteiger partial charge in [-0.3, -0.25) is 4.98 Å². The van der Waals surface area contributed by atoms with E-state index in [4.69, 9.17) is 15.2 Å². The second-order valence-corrected chi connectivity index (χ2v) is 10.3. The van der Waals surface area contributed by atoms with E-state index in [1.54, 1.807) is 18.2 Å². The molecule has 9 nitrogen and oxygen atoms in total. The van der Waals surface area contributed by atoms with Crippen molar-refractivity contribution in [3.05, 3.63) is 47.5 Å². The summed E-state index contributed by atoms with van der Waals surface area (Å²) < 4.78 is 25.0. The van der Waals surface area contributed by atoms with Crippen molar-refractivity contribution in [2.75, 3.05) is 36.9 Å². The number of nitrogens with zero attached hydrogens (tertiary/aromatic N) is 4. The molecule has 0 aliphatic carbocycles. The summed E-state index contributed by atoms with van der Waals surface area (Å²) in [6.45, 7) is 8.33. The lowest BCUT2D eigenvalue weighted by molar-refractivity contribution is -0.0516. The zero-order valence-corrected chi connectivity index (χ0v) is 22.4. The minimum atomic E-state index is -1.34. The lowest BCUT2D eigenvalue weighted by Crippen LogP contribution is -2.39. The molecule has 4 heterocycles. The summed E-state index contributed by atoms with van der Waals surface area (Å²) in [7, 11) is 0. The smallest absolute Gasteiger partial charge is 0.172 e. The van der Waals surface area contributed by atoms with Gasteiger partial charge in [-0.25, -0.2) is 14.4 Å². The molecule has 3 aromatic rings. The molecule has 0 bridgehead atoms. The first-order chi connectivity index (χ1) is 18.2. The predicted molar refractivity (Wildman–Crippen MR) is 145 cm³/mol. The van der Waals surface area contributed by atoms with E-state index >= 15 is 0 Å². The third kappa shape index (κ3) is 6.86. The van der Waals surface area contributed by atoms with Gasteiger partial charge in [-0.2, -0.15) is 0 Å². The molecule has 5 rings (SSSR count). The maximum absolute atomic E-state index is 14.1. The Morgan fingerprint density at radius 2 is 1.87 bits per heavy atom. The molecule has 1 unspecified atom stereocenters. The number of fused-ring (bicyclic) bond motifs is 1. The van der Waals surface area contributed by atoms with E-state index in [-0.39, 0.29) is 17.7 Å². The average molecular weight is 528 g/mol. The van der Waals surface area contributed by atoms with Crippen LogP contribution >= 0.6 is 0 Å². The summed E-state index contributed by atoms with van der Waals surface area (Å²) >= 11 is 0. The predicted octanol–water partition coefficient (Wildman–Crippen LogP) is 3.96. The highest BCUT2D eigenvalue weighted by Gasteiger charge is 2.28. The van der Waals surface area contributed by atoms with Crippen LogP contribution in [0, 0.1) is 5.82 Å². The highest BCUT2D eigenvalue weighted by molar-refractivity contribution is 5.79. The highest BCUT2D eigenvalue weighted by atomic mass is 19.1. The van der Waals surface area contributed by atoms with Gasteiger partial charge in [0.15, 0.2) is 23.2 Å². The summed E-state index contributed by atoms with van der Waals surface area (Å²) in [5.74, 6) is 0.796. The van der Waals surface area contributed by atoms with Crippen LogP contribution in [0.2, 0.25) is 0 Å². The fourth-order valence-electron chi connectivity index (χ4n) is 4.46. The van der Waals surface area contributed by atoms with Crippen LogP contribution < -0.4 is 15.4 Å². The molecule has 2 aliphatic heterocycles. The number of ether oxygens (including phenoxy) is 2. The lowest BCUT2D eigenvalue weighted by atomic mass is 9.98. The van der Waals surface area contributed by atoms with Crippen molar-refractivity contribution in [1.82, 2.24) is 15.0 Å². The van der Waals surface area contributed by atoms with Crippen LogP contribution in [0.5, 0.6) is 5.75 Å². The van der Waals surface area contributed by atoms with Gasteiger partial charge >= 0.3 is 0 Å². The van der Waals surface area contributed by atoms with Crippen LogP contribution in [0.1, 0.15) is 63.8 Å². The van der Waals surface area contributed by atoms with Crippen molar-refractivity contribution in [2.45, 2.75) is 70.7 Å². The quantitative estimate of drug-likeness (QED) is 0.437. The Morgan fingerprint density at radius 3 is 2.47 bits per heavy atom. The van der Waals surface area contributed by atoms with Gasteiger partial charge in [0.05, 0.1) is 23.0 Å². The minimum Gasteiger partial charge on any atom is -0.487 e. The molecule has 38 heavy (non-hydrogen) atoms. The monoisotopic (exact) mass is 527 g/mol. The van der Waals surface area contributed by atoms with Gasteiger partial charge in [-0.15, -0.1) is 0 Å². The number of aliphatic hydroxyl groups is 2. The number of hydrogen-bond acceptors (Lipinski definition) is 9. The van der Waals surface area contributed by atoms with Crippen LogP contribution in [0.15, 0.2) is 30.5 Å². The Balaban J connectivity index is 0.000000603. The van der Waals surface area contributed by atoms with E-state index in [9.17, 15) is 14.6 Å². The summed E-state index contributed by atoms with van der Waals surface area (Å²) in [5.41, 5.74) is 7.25. The Morgan fingerprint density at radius 1 is 1.16 bits per heavy atom. The number of benzene rings is 1. The largest absolute Gasteiger partial charge is 0.487 e. The minimum absolute atomic E-state index is 0.0926. The SMILES string of the molecule is C1CCOC1.CCc1ccc(F)c(OC2CCN(c3nc4cnc(C(O)C(C)(C)O)cc4nc3N)CC2)c1. The van der Waals surface area contributed by atoms with Crippen LogP contribution in [-0.2, 0) is 11.2 Å². The van der Waals surface area contributed by atoms with Gasteiger partial charge < -0.3 is 30.3 Å². The maximum Gasteiger partial charge on any atom is 0.172 e. The fourth-order valence-corrected chi connectivity index (χ4v) is 4.46. The molecule has 2 saturated heterocycles. The number of aromatic nitrogens is 3. The number of aliphatic hydroxyl groups excluding tert-OH is 1. The summed E-state index contributed by atoms with van der Waals surface area (Å²) in [4.78, 5) is 15.4. The van der Waals surface area contributed by atoms with Crippen LogP contribution in [-0.4, -0.2) is 63.2 Å². The number of piperidine rings is 1. The van der Waals surface area contributed by atoms with Crippen molar-refractivity contribution >= 4 is 22.7 Å². The number of nitrogens with two attached hydrogens (primary N) is 1.